The van der Waals surface area contributed by atoms with Crippen molar-refractivity contribution in [3.05, 3.63) is 0 Å². The number of ether oxygens (including phenoxy) is 5. The van der Waals surface area contributed by atoms with Gasteiger partial charge in [-0.15, -0.1) is 0 Å². The van der Waals surface area contributed by atoms with Gasteiger partial charge in [0.2, 0.25) is 12.2 Å². The highest BCUT2D eigenvalue weighted by Crippen LogP contribution is 2.36. The Bertz CT molecular complexity index is 572. The molecule has 0 spiro atoms. The third-order valence-corrected chi connectivity index (χ3v) is 6.09. The summed E-state index contributed by atoms with van der Waals surface area (Å²) in [4.78, 5) is 11.5. The molecule has 0 amide bonds. The molecule has 0 saturated carbocycles. The number of carbonyl (C=O) groups excluding carboxylic acids is 1. The minimum Gasteiger partial charge on any atom is -0.457 e. The van der Waals surface area contributed by atoms with Crippen molar-refractivity contribution in [1.29, 1.82) is 5.41 Å². The number of halogens is 3. The molecule has 7 nitrogen and oxygen atoms in total. The van der Waals surface area contributed by atoms with Crippen LogP contribution in [0.15, 0.2) is 0 Å². The summed E-state index contributed by atoms with van der Waals surface area (Å²) in [7, 11) is 0. The minimum absolute atomic E-state index is 0.00170. The lowest BCUT2D eigenvalue weighted by Gasteiger charge is -2.44. The Morgan fingerprint density at radius 3 is 2.14 bits per heavy atom. The van der Waals surface area contributed by atoms with Crippen LogP contribution in [0.5, 0.6) is 0 Å². The Morgan fingerprint density at radius 2 is 1.57 bits per heavy atom. The van der Waals surface area contributed by atoms with Gasteiger partial charge < -0.3 is 23.7 Å². The molecule has 2 fully saturated rings. The maximum absolute atomic E-state index is 11.5. The number of hydrogen-bond acceptors (Lipinski definition) is 7. The molecule has 28 heavy (non-hydrogen) atoms. The van der Waals surface area contributed by atoms with Gasteiger partial charge in [0.25, 0.3) is 3.79 Å². The zero-order valence-electron chi connectivity index (χ0n) is 16.6. The lowest BCUT2D eigenvalue weighted by atomic mass is 9.87. The van der Waals surface area contributed by atoms with Gasteiger partial charge in [-0.25, -0.2) is 0 Å². The van der Waals surface area contributed by atoms with E-state index in [4.69, 9.17) is 63.9 Å². The zero-order valence-corrected chi connectivity index (χ0v) is 18.9. The maximum atomic E-state index is 11.5. The second kappa shape index (κ2) is 9.67. The van der Waals surface area contributed by atoms with Crippen LogP contribution in [0, 0.1) is 29.1 Å². The summed E-state index contributed by atoms with van der Waals surface area (Å²) in [6.45, 7) is 10.1. The van der Waals surface area contributed by atoms with E-state index in [9.17, 15) is 4.79 Å². The Kier molecular flexibility index (Phi) is 8.27. The highest BCUT2D eigenvalue weighted by atomic mass is 35.6. The molecule has 0 aromatic rings. The van der Waals surface area contributed by atoms with E-state index in [-0.39, 0.29) is 42.4 Å². The predicted molar refractivity (Wildman–Crippen MR) is 106 cm³/mol. The van der Waals surface area contributed by atoms with Gasteiger partial charge in [0.15, 0.2) is 12.4 Å². The largest absolute Gasteiger partial charge is 0.457 e. The van der Waals surface area contributed by atoms with Crippen molar-refractivity contribution in [3.8, 4) is 0 Å². The fourth-order valence-electron chi connectivity index (χ4n) is 3.28. The second-order valence-corrected chi connectivity index (χ2v) is 9.93. The summed E-state index contributed by atoms with van der Waals surface area (Å²) < 4.78 is 26.6. The SMILES string of the molecule is CC(=O)OC1[C@H](O[C@@H]2COC(OC(=N)C(Cl)(Cl)Cl)C(C)[C@H]2C)OC[C@@H](C)[C@@H]1C. The number of carbonyl (C=O) groups is 1. The van der Waals surface area contributed by atoms with Crippen molar-refractivity contribution in [2.45, 2.75) is 63.2 Å². The molecule has 162 valence electrons. The van der Waals surface area contributed by atoms with E-state index < -0.39 is 28.4 Å². The summed E-state index contributed by atoms with van der Waals surface area (Å²) in [6.07, 6.45) is -2.19. The van der Waals surface area contributed by atoms with Crippen molar-refractivity contribution in [1.82, 2.24) is 0 Å². The van der Waals surface area contributed by atoms with Gasteiger partial charge in [-0.2, -0.15) is 0 Å². The molecule has 3 unspecified atom stereocenters. The molecule has 2 aliphatic heterocycles. The van der Waals surface area contributed by atoms with Crippen molar-refractivity contribution < 1.29 is 28.5 Å². The van der Waals surface area contributed by atoms with Gasteiger partial charge in [0.05, 0.1) is 19.3 Å². The first-order valence-electron chi connectivity index (χ1n) is 9.30. The average Bonchev–Trinajstić information content (AvgIpc) is 2.59. The molecule has 2 saturated heterocycles. The third kappa shape index (κ3) is 5.86. The molecule has 2 aliphatic rings. The number of rotatable bonds is 4. The average molecular weight is 461 g/mol. The summed E-state index contributed by atoms with van der Waals surface area (Å²) in [5.41, 5.74) is 0. The fraction of sp³-hybridized carbons (Fsp3) is 0.889. The van der Waals surface area contributed by atoms with E-state index >= 15 is 0 Å². The molecule has 1 N–H and O–H groups in total. The standard InChI is InChI=1S/C18H28Cl3NO6/c1-8-6-24-16(14(9(8)2)26-12(5)23)27-13-7-25-15(11(4)10(13)3)28-17(22)18(19,20)21/h8-11,13-16,22H,6-7H2,1-5H3/t8-,9+,10-,11?,13-,14?,15?,16+/m1/s1. The number of nitrogens with one attached hydrogen (secondary N) is 1. The van der Waals surface area contributed by atoms with E-state index in [0.29, 0.717) is 6.61 Å². The van der Waals surface area contributed by atoms with Crippen LogP contribution >= 0.6 is 34.8 Å². The van der Waals surface area contributed by atoms with Crippen molar-refractivity contribution in [2.75, 3.05) is 13.2 Å². The van der Waals surface area contributed by atoms with Crippen LogP contribution < -0.4 is 0 Å². The molecule has 0 aliphatic carbocycles. The van der Waals surface area contributed by atoms with Crippen LogP contribution in [0.3, 0.4) is 0 Å². The number of alkyl halides is 3. The van der Waals surface area contributed by atoms with E-state index in [1.54, 1.807) is 0 Å². The zero-order chi connectivity index (χ0) is 21.2. The Labute approximate surface area is 180 Å². The number of esters is 1. The Hall–Kier alpha value is -0.310. The highest BCUT2D eigenvalue weighted by molar-refractivity contribution is 6.76. The van der Waals surface area contributed by atoms with E-state index in [1.165, 1.54) is 6.92 Å². The quantitative estimate of drug-likeness (QED) is 0.296. The molecule has 0 aromatic heterocycles. The Morgan fingerprint density at radius 1 is 0.964 bits per heavy atom. The summed E-state index contributed by atoms with van der Waals surface area (Å²) >= 11 is 17.0. The van der Waals surface area contributed by atoms with Crippen LogP contribution in [0.1, 0.15) is 34.6 Å². The molecule has 0 aromatic carbocycles. The van der Waals surface area contributed by atoms with Crippen LogP contribution in [0.4, 0.5) is 0 Å². The molecule has 0 bridgehead atoms. The van der Waals surface area contributed by atoms with Crippen LogP contribution in [0.25, 0.3) is 0 Å². The van der Waals surface area contributed by atoms with Crippen LogP contribution in [-0.4, -0.2) is 53.7 Å². The normalized spacial score (nSPS) is 39.3. The minimum atomic E-state index is -1.94. The molecular weight excluding hydrogens is 433 g/mol. The first-order chi connectivity index (χ1) is 12.9. The number of hydrogen-bond donors (Lipinski definition) is 1. The molecule has 0 radical (unpaired) electrons. The molecular formula is C18H28Cl3NO6. The molecule has 8 atom stereocenters. The first-order valence-corrected chi connectivity index (χ1v) is 10.4. The van der Waals surface area contributed by atoms with E-state index in [2.05, 4.69) is 0 Å². The highest BCUT2D eigenvalue weighted by Gasteiger charge is 2.45. The van der Waals surface area contributed by atoms with Crippen molar-refractivity contribution >= 4 is 46.7 Å². The van der Waals surface area contributed by atoms with Gasteiger partial charge in [-0.3, -0.25) is 10.2 Å². The lowest BCUT2D eigenvalue weighted by molar-refractivity contribution is -0.296. The summed E-state index contributed by atoms with van der Waals surface area (Å²) in [6, 6.07) is 0. The van der Waals surface area contributed by atoms with Crippen LogP contribution in [0.2, 0.25) is 0 Å². The molecule has 2 rings (SSSR count). The smallest absolute Gasteiger partial charge is 0.303 e. The monoisotopic (exact) mass is 459 g/mol. The fourth-order valence-corrected chi connectivity index (χ4v) is 3.41. The van der Waals surface area contributed by atoms with Crippen molar-refractivity contribution in [3.63, 3.8) is 0 Å². The summed E-state index contributed by atoms with van der Waals surface area (Å²) in [5.74, 6) is -0.663. The predicted octanol–water partition coefficient (Wildman–Crippen LogP) is 3.92. The van der Waals surface area contributed by atoms with E-state index in [0.717, 1.165) is 0 Å². The topological polar surface area (TPSA) is 87.1 Å². The maximum Gasteiger partial charge on any atom is 0.303 e. The molecule has 10 heteroatoms. The van der Waals surface area contributed by atoms with Crippen molar-refractivity contribution in [2.24, 2.45) is 23.7 Å². The summed E-state index contributed by atoms with van der Waals surface area (Å²) in [5, 5.41) is 7.72. The second-order valence-electron chi connectivity index (χ2n) is 7.65. The van der Waals surface area contributed by atoms with Gasteiger partial charge >= 0.3 is 5.97 Å². The molecule has 2 heterocycles. The van der Waals surface area contributed by atoms with E-state index in [1.807, 2.05) is 27.7 Å². The van der Waals surface area contributed by atoms with Crippen LogP contribution in [-0.2, 0) is 28.5 Å². The lowest BCUT2D eigenvalue weighted by Crippen LogP contribution is -2.53. The first kappa shape index (κ1) is 24.0. The van der Waals surface area contributed by atoms with Gasteiger partial charge in [-0.05, 0) is 11.8 Å². The third-order valence-electron chi connectivity index (χ3n) is 5.58. The van der Waals surface area contributed by atoms with Gasteiger partial charge in [0.1, 0.15) is 0 Å². The van der Waals surface area contributed by atoms with Gasteiger partial charge in [0, 0.05) is 18.8 Å². The Balaban J connectivity index is 2.01. The van der Waals surface area contributed by atoms with Gasteiger partial charge in [-0.1, -0.05) is 62.5 Å².